The van der Waals surface area contributed by atoms with Gasteiger partial charge in [0.2, 0.25) is 0 Å². The van der Waals surface area contributed by atoms with E-state index in [1.165, 1.54) is 0 Å². The van der Waals surface area contributed by atoms with Crippen molar-refractivity contribution in [2.24, 2.45) is 5.92 Å². The van der Waals surface area contributed by atoms with Crippen LogP contribution in [0.2, 0.25) is 0 Å². The van der Waals surface area contributed by atoms with Crippen LogP contribution in [0.5, 0.6) is 0 Å². The maximum atomic E-state index is 10.2. The minimum Gasteiger partial charge on any atom is -0.487 e. The zero-order chi connectivity index (χ0) is 8.85. The second-order valence-corrected chi connectivity index (χ2v) is 2.55. The van der Waals surface area contributed by atoms with Gasteiger partial charge in [0.25, 0.3) is 0 Å². The van der Waals surface area contributed by atoms with Crippen molar-refractivity contribution < 1.29 is 14.6 Å². The van der Waals surface area contributed by atoms with Crippen molar-refractivity contribution in [1.82, 2.24) is 0 Å². The first kappa shape index (κ1) is 10.0. The monoisotopic (exact) mass is 158 g/mol. The molecule has 11 heavy (non-hydrogen) atoms. The van der Waals surface area contributed by atoms with Gasteiger partial charge in [0, 0.05) is 0 Å². The Morgan fingerprint density at radius 1 is 1.73 bits per heavy atom. The van der Waals surface area contributed by atoms with Crippen LogP contribution in [-0.2, 0) is 9.53 Å². The molecule has 0 bridgehead atoms. The van der Waals surface area contributed by atoms with Crippen LogP contribution in [0, 0.1) is 5.92 Å². The number of rotatable bonds is 5. The second kappa shape index (κ2) is 4.77. The summed E-state index contributed by atoms with van der Waals surface area (Å²) in [5.74, 6) is -0.885. The van der Waals surface area contributed by atoms with Crippen LogP contribution in [0.4, 0.5) is 0 Å². The maximum absolute atomic E-state index is 10.2. The Kier molecular flexibility index (Phi) is 4.34. The molecular formula is C8H14O3. The molecule has 1 unspecified atom stereocenters. The number of aliphatic carboxylic acids is 1. The minimum atomic E-state index is -1.09. The van der Waals surface area contributed by atoms with E-state index >= 15 is 0 Å². The molecule has 1 atom stereocenters. The third-order valence-electron chi connectivity index (χ3n) is 1.48. The standard InChI is InChI=1S/C8H14O3/c1-4-6(2)5-11-7(3)8(9)10/h6H,3-5H2,1-2H3,(H,9,10). The van der Waals surface area contributed by atoms with Gasteiger partial charge in [-0.1, -0.05) is 20.3 Å². The molecule has 0 saturated heterocycles. The average molecular weight is 158 g/mol. The molecule has 0 rings (SSSR count). The summed E-state index contributed by atoms with van der Waals surface area (Å²) in [5.41, 5.74) is 0. The third kappa shape index (κ3) is 4.42. The maximum Gasteiger partial charge on any atom is 0.370 e. The highest BCUT2D eigenvalue weighted by molar-refractivity contribution is 5.83. The molecule has 3 nitrogen and oxygen atoms in total. The van der Waals surface area contributed by atoms with Crippen molar-refractivity contribution in [3.63, 3.8) is 0 Å². The van der Waals surface area contributed by atoms with Crippen molar-refractivity contribution in [1.29, 1.82) is 0 Å². The molecule has 0 fully saturated rings. The predicted octanol–water partition coefficient (Wildman–Crippen LogP) is 1.65. The largest absolute Gasteiger partial charge is 0.487 e. The lowest BCUT2D eigenvalue weighted by atomic mass is 10.1. The molecule has 0 heterocycles. The second-order valence-electron chi connectivity index (χ2n) is 2.55. The Bertz CT molecular complexity index is 151. The minimum absolute atomic E-state index is 0.176. The SMILES string of the molecule is C=C(OCC(C)CC)C(=O)O. The Morgan fingerprint density at radius 3 is 2.64 bits per heavy atom. The lowest BCUT2D eigenvalue weighted by Crippen LogP contribution is -2.09. The molecular weight excluding hydrogens is 144 g/mol. The van der Waals surface area contributed by atoms with Crippen LogP contribution < -0.4 is 0 Å². The summed E-state index contributed by atoms with van der Waals surface area (Å²) in [4.78, 5) is 10.2. The van der Waals surface area contributed by atoms with Crippen LogP contribution >= 0.6 is 0 Å². The molecule has 0 aliphatic carbocycles. The van der Waals surface area contributed by atoms with Crippen molar-refractivity contribution in [3.8, 4) is 0 Å². The quantitative estimate of drug-likeness (QED) is 0.488. The summed E-state index contributed by atoms with van der Waals surface area (Å²) in [6.45, 7) is 7.69. The molecule has 0 aliphatic rings. The highest BCUT2D eigenvalue weighted by atomic mass is 16.5. The highest BCUT2D eigenvalue weighted by Crippen LogP contribution is 2.03. The van der Waals surface area contributed by atoms with Crippen LogP contribution in [-0.4, -0.2) is 17.7 Å². The smallest absolute Gasteiger partial charge is 0.370 e. The summed E-state index contributed by atoms with van der Waals surface area (Å²) in [6.07, 6.45) is 0.979. The molecule has 0 aliphatic heterocycles. The lowest BCUT2D eigenvalue weighted by Gasteiger charge is -2.09. The number of carboxylic acids is 1. The fourth-order valence-corrected chi connectivity index (χ4v) is 0.422. The normalized spacial score (nSPS) is 12.2. The van der Waals surface area contributed by atoms with E-state index in [2.05, 4.69) is 6.58 Å². The van der Waals surface area contributed by atoms with E-state index in [9.17, 15) is 4.79 Å². The molecule has 0 spiro atoms. The highest BCUT2D eigenvalue weighted by Gasteiger charge is 2.06. The fourth-order valence-electron chi connectivity index (χ4n) is 0.422. The van der Waals surface area contributed by atoms with Gasteiger partial charge in [-0.05, 0) is 12.5 Å². The van der Waals surface area contributed by atoms with E-state index in [-0.39, 0.29) is 5.76 Å². The van der Waals surface area contributed by atoms with Crippen molar-refractivity contribution in [2.45, 2.75) is 20.3 Å². The van der Waals surface area contributed by atoms with Gasteiger partial charge in [-0.15, -0.1) is 0 Å². The van der Waals surface area contributed by atoms with E-state index < -0.39 is 5.97 Å². The number of ether oxygens (including phenoxy) is 1. The molecule has 0 aromatic rings. The summed E-state index contributed by atoms with van der Waals surface area (Å²) in [6, 6.07) is 0. The summed E-state index contributed by atoms with van der Waals surface area (Å²) < 4.78 is 4.86. The molecule has 64 valence electrons. The zero-order valence-corrected chi connectivity index (χ0v) is 6.96. The first-order chi connectivity index (χ1) is 5.07. The lowest BCUT2D eigenvalue weighted by molar-refractivity contribution is -0.136. The fraction of sp³-hybridized carbons (Fsp3) is 0.625. The van der Waals surface area contributed by atoms with E-state index in [0.717, 1.165) is 6.42 Å². The van der Waals surface area contributed by atoms with Gasteiger partial charge in [-0.2, -0.15) is 0 Å². The van der Waals surface area contributed by atoms with Gasteiger partial charge in [0.15, 0.2) is 5.76 Å². The van der Waals surface area contributed by atoms with E-state index in [4.69, 9.17) is 9.84 Å². The van der Waals surface area contributed by atoms with Crippen molar-refractivity contribution >= 4 is 5.97 Å². The Morgan fingerprint density at radius 2 is 2.27 bits per heavy atom. The molecule has 1 N–H and O–H groups in total. The van der Waals surface area contributed by atoms with Crippen LogP contribution in [0.25, 0.3) is 0 Å². The van der Waals surface area contributed by atoms with Gasteiger partial charge >= 0.3 is 5.97 Å². The predicted molar refractivity (Wildman–Crippen MR) is 42.2 cm³/mol. The Balaban J connectivity index is 3.54. The third-order valence-corrected chi connectivity index (χ3v) is 1.48. The van der Waals surface area contributed by atoms with Gasteiger partial charge in [-0.25, -0.2) is 4.79 Å². The molecule has 0 saturated carbocycles. The van der Waals surface area contributed by atoms with Gasteiger partial charge < -0.3 is 9.84 Å². The van der Waals surface area contributed by atoms with E-state index in [1.54, 1.807) is 0 Å². The number of carbonyl (C=O) groups is 1. The number of hydrogen-bond donors (Lipinski definition) is 1. The van der Waals surface area contributed by atoms with E-state index in [0.29, 0.717) is 12.5 Å². The number of hydrogen-bond acceptors (Lipinski definition) is 2. The van der Waals surface area contributed by atoms with Gasteiger partial charge in [0.1, 0.15) is 0 Å². The van der Waals surface area contributed by atoms with Crippen molar-refractivity contribution in [2.75, 3.05) is 6.61 Å². The van der Waals surface area contributed by atoms with Crippen LogP contribution in [0.15, 0.2) is 12.3 Å². The summed E-state index contributed by atoms with van der Waals surface area (Å²) >= 11 is 0. The first-order valence-corrected chi connectivity index (χ1v) is 3.63. The average Bonchev–Trinajstić information content (AvgIpc) is 1.99. The molecule has 3 heteroatoms. The summed E-state index contributed by atoms with van der Waals surface area (Å²) in [5, 5.41) is 8.34. The molecule has 0 aromatic heterocycles. The topological polar surface area (TPSA) is 46.5 Å². The zero-order valence-electron chi connectivity index (χ0n) is 6.96. The van der Waals surface area contributed by atoms with Crippen molar-refractivity contribution in [3.05, 3.63) is 12.3 Å². The summed E-state index contributed by atoms with van der Waals surface area (Å²) in [7, 11) is 0. The van der Waals surface area contributed by atoms with Crippen LogP contribution in [0.1, 0.15) is 20.3 Å². The Hall–Kier alpha value is -0.990. The Labute approximate surface area is 66.7 Å². The molecule has 0 aromatic carbocycles. The van der Waals surface area contributed by atoms with Gasteiger partial charge in [-0.3, -0.25) is 0 Å². The van der Waals surface area contributed by atoms with E-state index in [1.807, 2.05) is 13.8 Å². The molecule has 0 radical (unpaired) electrons. The van der Waals surface area contributed by atoms with Crippen LogP contribution in [0.3, 0.4) is 0 Å². The number of carboxylic acid groups (broad SMARTS) is 1. The van der Waals surface area contributed by atoms with Gasteiger partial charge in [0.05, 0.1) is 6.61 Å². The first-order valence-electron chi connectivity index (χ1n) is 3.63. The molecule has 0 amide bonds.